The summed E-state index contributed by atoms with van der Waals surface area (Å²) >= 11 is 1.05. The molecule has 5 rings (SSSR count). The van der Waals surface area contributed by atoms with Crippen LogP contribution in [0.4, 0.5) is 0 Å². The Labute approximate surface area is 348 Å². The van der Waals surface area contributed by atoms with E-state index < -0.39 is 126 Å². The van der Waals surface area contributed by atoms with Crippen molar-refractivity contribution < 1.29 is 58.8 Å². The lowest BCUT2D eigenvalue weighted by molar-refractivity contribution is -0.144. The van der Waals surface area contributed by atoms with E-state index >= 15 is 0 Å². The molecule has 0 saturated carbocycles. The van der Waals surface area contributed by atoms with Crippen LogP contribution in [0.1, 0.15) is 46.2 Å². The van der Waals surface area contributed by atoms with Crippen LogP contribution in [0.25, 0.3) is 10.9 Å². The number of thioether (sulfide) groups is 1. The van der Waals surface area contributed by atoms with Crippen molar-refractivity contribution in [3.05, 3.63) is 30.0 Å². The monoisotopic (exact) mass is 859 g/mol. The Morgan fingerprint density at radius 3 is 2.22 bits per heavy atom. The number of benzene rings is 1. The zero-order chi connectivity index (χ0) is 44.2. The van der Waals surface area contributed by atoms with Crippen molar-refractivity contribution in [3.8, 4) is 0 Å². The number of carbonyl (C=O) groups excluding carboxylic acids is 8. The number of carbonyl (C=O) groups is 8. The molecule has 4 heterocycles. The molecule has 10 unspecified atom stereocenters. The molecule has 1 saturated heterocycles. The highest BCUT2D eigenvalue weighted by molar-refractivity contribution is 7.99. The molecule has 0 aliphatic carbocycles. The molecule has 328 valence electrons. The summed E-state index contributed by atoms with van der Waals surface area (Å²) in [6, 6.07) is -3.89. The van der Waals surface area contributed by atoms with Gasteiger partial charge in [-0.2, -0.15) is 0 Å². The van der Waals surface area contributed by atoms with E-state index in [1.54, 1.807) is 24.3 Å². The minimum absolute atomic E-state index is 0.234. The topological polar surface area (TPSA) is 321 Å². The van der Waals surface area contributed by atoms with E-state index in [-0.39, 0.29) is 25.1 Å². The number of nitrogens with one attached hydrogen (secondary N) is 8. The van der Waals surface area contributed by atoms with E-state index in [1.807, 2.05) is 0 Å². The summed E-state index contributed by atoms with van der Waals surface area (Å²) in [6.45, 7) is 4.43. The molecule has 8 amide bonds. The quantitative estimate of drug-likeness (QED) is 0.131. The Hall–Kier alpha value is -5.29. The van der Waals surface area contributed by atoms with Gasteiger partial charge in [0.25, 0.3) is 5.91 Å². The van der Waals surface area contributed by atoms with Crippen LogP contribution in [-0.2, 0) is 44.8 Å². The molecule has 3 aliphatic rings. The molecule has 22 heteroatoms. The Balaban J connectivity index is 1.73. The van der Waals surface area contributed by atoms with E-state index in [0.717, 1.165) is 16.7 Å². The SMILES string of the molecule is CNC(=O)C(O)C1NC(=O)C(C(C)C)NC(=O)C(CC(C)(O)CO)NC(=O)C2Cc3[nH]c4ccccc4c3SCC(NC1=O)C(=O)N1CC(O)CC1C(=O)NC(C)C(=O)N2. The molecule has 12 N–H and O–H groups in total. The molecule has 10 atom stereocenters. The number of amides is 8. The summed E-state index contributed by atoms with van der Waals surface area (Å²) in [4.78, 5) is 116. The van der Waals surface area contributed by atoms with Crippen LogP contribution in [0.3, 0.4) is 0 Å². The molecule has 0 radical (unpaired) electrons. The normalized spacial score (nSPS) is 29.2. The summed E-state index contributed by atoms with van der Waals surface area (Å²) in [6.07, 6.45) is -4.50. The van der Waals surface area contributed by atoms with Gasteiger partial charge >= 0.3 is 0 Å². The number of para-hydroxylation sites is 1. The van der Waals surface area contributed by atoms with Crippen molar-refractivity contribution >= 4 is 69.9 Å². The van der Waals surface area contributed by atoms with Gasteiger partial charge in [0.1, 0.15) is 42.3 Å². The van der Waals surface area contributed by atoms with Crippen LogP contribution in [0.2, 0.25) is 0 Å². The predicted octanol–water partition coefficient (Wildman–Crippen LogP) is -4.38. The zero-order valence-corrected chi connectivity index (χ0v) is 34.6. The van der Waals surface area contributed by atoms with Gasteiger partial charge in [-0.15, -0.1) is 11.8 Å². The molecule has 1 fully saturated rings. The molecular weight excluding hydrogens is 807 g/mol. The number of aliphatic hydroxyl groups is 4. The van der Waals surface area contributed by atoms with Gasteiger partial charge in [-0.25, -0.2) is 0 Å². The number of hydrogen-bond acceptors (Lipinski definition) is 13. The average molecular weight is 860 g/mol. The summed E-state index contributed by atoms with van der Waals surface area (Å²) in [5.74, 6) is -8.81. The van der Waals surface area contributed by atoms with Crippen molar-refractivity contribution in [1.82, 2.24) is 47.1 Å². The molecule has 1 aromatic carbocycles. The Morgan fingerprint density at radius 1 is 0.900 bits per heavy atom. The molecule has 1 aromatic heterocycles. The van der Waals surface area contributed by atoms with Crippen molar-refractivity contribution in [1.29, 1.82) is 0 Å². The Bertz CT molecular complexity index is 2010. The molecular formula is C38H53N9O12S. The first-order valence-electron chi connectivity index (χ1n) is 19.5. The first-order valence-corrected chi connectivity index (χ1v) is 20.5. The first kappa shape index (κ1) is 45.8. The van der Waals surface area contributed by atoms with Gasteiger partial charge in [-0.05, 0) is 25.8 Å². The van der Waals surface area contributed by atoms with Gasteiger partial charge in [0.15, 0.2) is 6.10 Å². The molecule has 2 aromatic rings. The maximum atomic E-state index is 14.5. The molecule has 2 bridgehead atoms. The third kappa shape index (κ3) is 10.3. The molecule has 3 aliphatic heterocycles. The Morgan fingerprint density at radius 2 is 1.55 bits per heavy atom. The van der Waals surface area contributed by atoms with Crippen molar-refractivity contribution in [2.24, 2.45) is 5.92 Å². The lowest BCUT2D eigenvalue weighted by atomic mass is 9.95. The lowest BCUT2D eigenvalue weighted by Gasteiger charge is -2.32. The highest BCUT2D eigenvalue weighted by atomic mass is 32.2. The van der Waals surface area contributed by atoms with Crippen LogP contribution in [-0.4, -0.2) is 164 Å². The van der Waals surface area contributed by atoms with E-state index in [1.165, 1.54) is 34.7 Å². The average Bonchev–Trinajstić information content (AvgIpc) is 3.77. The lowest BCUT2D eigenvalue weighted by Crippen LogP contribution is -2.64. The van der Waals surface area contributed by atoms with Crippen molar-refractivity contribution in [3.63, 3.8) is 0 Å². The highest BCUT2D eigenvalue weighted by Gasteiger charge is 2.45. The van der Waals surface area contributed by atoms with E-state index in [2.05, 4.69) is 42.2 Å². The Kier molecular flexibility index (Phi) is 14.5. The molecule has 60 heavy (non-hydrogen) atoms. The number of fused-ring (bicyclic) bond motifs is 5. The zero-order valence-electron chi connectivity index (χ0n) is 33.7. The fraction of sp³-hybridized carbons (Fsp3) is 0.579. The summed E-state index contributed by atoms with van der Waals surface area (Å²) in [5, 5.41) is 60.6. The number of aromatic nitrogens is 1. The minimum Gasteiger partial charge on any atom is -0.393 e. The second-order valence-corrected chi connectivity index (χ2v) is 17.0. The van der Waals surface area contributed by atoms with Gasteiger partial charge in [0.2, 0.25) is 41.4 Å². The van der Waals surface area contributed by atoms with Gasteiger partial charge in [0, 0.05) is 60.1 Å². The summed E-state index contributed by atoms with van der Waals surface area (Å²) in [7, 11) is 1.18. The number of aliphatic hydroxyl groups excluding tert-OH is 3. The van der Waals surface area contributed by atoms with Crippen LogP contribution in [0.15, 0.2) is 29.2 Å². The van der Waals surface area contributed by atoms with Gasteiger partial charge in [-0.1, -0.05) is 32.0 Å². The number of aromatic amines is 1. The van der Waals surface area contributed by atoms with Gasteiger partial charge in [0.05, 0.1) is 18.3 Å². The fourth-order valence-electron chi connectivity index (χ4n) is 7.28. The highest BCUT2D eigenvalue weighted by Crippen LogP contribution is 2.34. The number of H-pyrrole nitrogens is 1. The van der Waals surface area contributed by atoms with Crippen molar-refractivity contribution in [2.45, 2.75) is 112 Å². The van der Waals surface area contributed by atoms with E-state index in [4.69, 9.17) is 0 Å². The second-order valence-electron chi connectivity index (χ2n) is 15.9. The second kappa shape index (κ2) is 19.0. The first-order chi connectivity index (χ1) is 28.2. The van der Waals surface area contributed by atoms with Gasteiger partial charge < -0.3 is 67.5 Å². The fourth-order valence-corrected chi connectivity index (χ4v) is 8.48. The van der Waals surface area contributed by atoms with Crippen LogP contribution >= 0.6 is 11.8 Å². The summed E-state index contributed by atoms with van der Waals surface area (Å²) in [5.41, 5.74) is -0.983. The van der Waals surface area contributed by atoms with Crippen LogP contribution in [0, 0.1) is 5.92 Å². The van der Waals surface area contributed by atoms with Gasteiger partial charge in [-0.3, -0.25) is 38.4 Å². The van der Waals surface area contributed by atoms with Crippen LogP contribution in [0.5, 0.6) is 0 Å². The number of likely N-dealkylation sites (N-methyl/N-ethyl adjacent to an activating group) is 1. The maximum Gasteiger partial charge on any atom is 0.251 e. The van der Waals surface area contributed by atoms with E-state index in [0.29, 0.717) is 21.5 Å². The third-order valence-corrected chi connectivity index (χ3v) is 11.9. The largest absolute Gasteiger partial charge is 0.393 e. The predicted molar refractivity (Wildman–Crippen MR) is 213 cm³/mol. The summed E-state index contributed by atoms with van der Waals surface area (Å²) < 4.78 is 0. The van der Waals surface area contributed by atoms with E-state index in [9.17, 15) is 58.8 Å². The van der Waals surface area contributed by atoms with Crippen molar-refractivity contribution in [2.75, 3.05) is 26.0 Å². The smallest absolute Gasteiger partial charge is 0.251 e. The third-order valence-electron chi connectivity index (χ3n) is 10.7. The molecule has 0 spiro atoms. The number of nitrogens with zero attached hydrogens (tertiary/aromatic N) is 1. The molecule has 21 nitrogen and oxygen atoms in total. The number of hydrogen-bond donors (Lipinski definition) is 12. The maximum absolute atomic E-state index is 14.5. The minimum atomic E-state index is -2.24. The standard InChI is InChI=1S/C38H53N9O12S/c1-16(2)26-34(55)46-27(28(50)36(57)39-5)35(56)44-24-14-60-29-19-8-6-7-9-20(19)41-21(29)11-22(31(52)43-23(32(53)45-26)12-38(4,59)15-48)42-30(51)17(3)40-33(54)25-10-18(49)13-47(25)37(24)58/h6-9,16-18,22-28,41,48-50,59H,10-15H2,1-5H3,(H,39,57)(H,40,54)(H,42,51)(H,43,52)(H,44,56)(H,45,53)(H,46,55). The number of rotatable bonds is 6. The van der Waals surface area contributed by atoms with Crippen LogP contribution < -0.4 is 37.2 Å².